The minimum atomic E-state index is -2.04. The molecule has 8 nitrogen and oxygen atoms in total. The number of benzene rings is 6. The topological polar surface area (TPSA) is 89.5 Å². The Morgan fingerprint density at radius 3 is 0.964 bits per heavy atom. The number of ether oxygens (including phenoxy) is 2. The van der Waals surface area contributed by atoms with Crippen molar-refractivity contribution < 1.29 is 35.3 Å². The van der Waals surface area contributed by atoms with Gasteiger partial charge in [0.2, 0.25) is 0 Å². The summed E-state index contributed by atoms with van der Waals surface area (Å²) in [5.41, 5.74) is 5.51. The molecule has 8 rings (SSSR count). The molecule has 0 radical (unpaired) electrons. The van der Waals surface area contributed by atoms with Crippen LogP contribution in [0.25, 0.3) is 55.0 Å². The first-order valence-corrected chi connectivity index (χ1v) is 20.6. The molecule has 8 aromatic rings. The molecular weight excluding hydrogens is 742 g/mol. The lowest BCUT2D eigenvalue weighted by Crippen LogP contribution is -2.13. The quantitative estimate of drug-likeness (QED) is 0.158. The summed E-state index contributed by atoms with van der Waals surface area (Å²) in [4.78, 5) is 0. The van der Waals surface area contributed by atoms with E-state index in [1.54, 1.807) is 14.2 Å². The Morgan fingerprint density at radius 1 is 0.411 bits per heavy atom. The number of methoxy groups -OCH3 is 2. The van der Waals surface area contributed by atoms with E-state index in [-0.39, 0.29) is 10.8 Å². The van der Waals surface area contributed by atoms with Gasteiger partial charge in [-0.05, 0) is 70.5 Å². The van der Waals surface area contributed by atoms with E-state index in [9.17, 15) is 0 Å². The molecule has 6 aromatic carbocycles. The molecule has 2 heterocycles. The highest BCUT2D eigenvalue weighted by molar-refractivity contribution is 7.32. The Balaban J connectivity index is 1.42. The zero-order valence-electron chi connectivity index (χ0n) is 32.7. The third kappa shape index (κ3) is 7.23. The van der Waals surface area contributed by atoms with E-state index < -0.39 is 16.5 Å². The minimum absolute atomic E-state index is 0.267. The van der Waals surface area contributed by atoms with Crippen LogP contribution in [0.15, 0.2) is 138 Å². The van der Waals surface area contributed by atoms with Crippen molar-refractivity contribution in [3.63, 3.8) is 0 Å². The van der Waals surface area contributed by atoms with Gasteiger partial charge in [0.25, 0.3) is 0 Å². The minimum Gasteiger partial charge on any atom is -0.493 e. The van der Waals surface area contributed by atoms with Crippen molar-refractivity contribution in [1.82, 2.24) is 0 Å². The van der Waals surface area contributed by atoms with Gasteiger partial charge in [-0.25, -0.2) is 0 Å². The van der Waals surface area contributed by atoms with Gasteiger partial charge >= 0.3 is 16.5 Å². The molecule has 286 valence electrons. The van der Waals surface area contributed by atoms with Gasteiger partial charge in [0.15, 0.2) is 23.0 Å². The fourth-order valence-corrected chi connectivity index (χ4v) is 8.80. The second kappa shape index (κ2) is 14.8. The number of fused-ring (bicyclic) bond motifs is 6. The predicted molar refractivity (Wildman–Crippen MR) is 227 cm³/mol. The molecule has 10 heteroatoms. The van der Waals surface area contributed by atoms with Crippen LogP contribution in [0.2, 0.25) is 0 Å². The molecule has 0 fully saturated rings. The molecule has 0 unspecified atom stereocenters. The highest BCUT2D eigenvalue weighted by Crippen LogP contribution is 2.53. The molecule has 0 saturated carbocycles. The smallest absolute Gasteiger partial charge is 0.453 e. The average molecular weight is 787 g/mol. The lowest BCUT2D eigenvalue weighted by molar-refractivity contribution is 0.387. The van der Waals surface area contributed by atoms with Gasteiger partial charge in [-0.15, -0.1) is 0 Å². The van der Waals surface area contributed by atoms with E-state index in [1.165, 1.54) is 0 Å². The molecule has 0 aliphatic heterocycles. The van der Waals surface area contributed by atoms with Crippen LogP contribution >= 0.6 is 16.5 Å². The molecule has 56 heavy (non-hydrogen) atoms. The summed E-state index contributed by atoms with van der Waals surface area (Å²) in [5, 5.41) is 3.66. The zero-order valence-corrected chi connectivity index (χ0v) is 34.5. The van der Waals surface area contributed by atoms with Crippen LogP contribution in [0.5, 0.6) is 23.0 Å². The summed E-state index contributed by atoms with van der Waals surface area (Å²) >= 11 is 0. The van der Waals surface area contributed by atoms with Gasteiger partial charge in [-0.2, -0.15) is 0 Å². The van der Waals surface area contributed by atoms with E-state index in [2.05, 4.69) is 53.7 Å². The number of rotatable bonds is 7. The Kier molecular flexibility index (Phi) is 9.82. The zero-order chi connectivity index (χ0) is 39.2. The Morgan fingerprint density at radius 2 is 0.696 bits per heavy atom. The van der Waals surface area contributed by atoms with Crippen molar-refractivity contribution in [3.8, 4) is 34.1 Å². The second-order valence-electron chi connectivity index (χ2n) is 15.6. The van der Waals surface area contributed by atoms with Gasteiger partial charge < -0.3 is 35.3 Å². The first-order chi connectivity index (χ1) is 26.9. The fraction of sp³-hybridized carbons (Fsp3) is 0.217. The first-order valence-electron chi connectivity index (χ1n) is 18.4. The Labute approximate surface area is 327 Å². The summed E-state index contributed by atoms with van der Waals surface area (Å²) in [6, 6.07) is 39.7. The lowest BCUT2D eigenvalue weighted by atomic mass is 9.82. The third-order valence-electron chi connectivity index (χ3n) is 9.72. The molecule has 0 saturated heterocycles. The predicted octanol–water partition coefficient (Wildman–Crippen LogP) is 14.9. The van der Waals surface area contributed by atoms with Gasteiger partial charge in [0.05, 0.1) is 14.2 Å². The van der Waals surface area contributed by atoms with Gasteiger partial charge in [0.1, 0.15) is 22.3 Å². The van der Waals surface area contributed by atoms with E-state index in [4.69, 9.17) is 35.3 Å². The third-order valence-corrected chi connectivity index (χ3v) is 11.8. The summed E-state index contributed by atoms with van der Waals surface area (Å²) in [7, 11) is -0.804. The first kappa shape index (κ1) is 37.3. The lowest BCUT2D eigenvalue weighted by Gasteiger charge is -2.26. The maximum absolute atomic E-state index is 6.92. The monoisotopic (exact) mass is 786 g/mol. The number of para-hydroxylation sites is 4. The summed E-state index contributed by atoms with van der Waals surface area (Å²) in [6.45, 7) is 13.0. The van der Waals surface area contributed by atoms with Gasteiger partial charge in [-0.3, -0.25) is 0 Å². The van der Waals surface area contributed by atoms with Gasteiger partial charge in [-0.1, -0.05) is 114 Å². The van der Waals surface area contributed by atoms with Crippen LogP contribution in [0.4, 0.5) is 0 Å². The summed E-state index contributed by atoms with van der Waals surface area (Å²) in [5.74, 6) is 1.87. The largest absolute Gasteiger partial charge is 0.493 e. The van der Waals surface area contributed by atoms with Crippen LogP contribution in [-0.2, 0) is 10.8 Å². The van der Waals surface area contributed by atoms with Crippen LogP contribution in [0, 0.1) is 0 Å². The van der Waals surface area contributed by atoms with E-state index in [0.29, 0.717) is 56.5 Å². The normalized spacial score (nSPS) is 11.9. The molecular formula is C46H44O8P2. The van der Waals surface area contributed by atoms with Crippen molar-refractivity contribution >= 4 is 60.4 Å². The standard InChI is InChI=1S/C46H44O8P2/c1-45(2,3)29-25-35(43(41(27-29)47-7)53-55-49-37-21-13-9-17-31(37)32-18-10-14-22-38(32)50-55)36-26-30(46(4,5)6)28-42(48-8)44(36)54-56-51-39-23-15-11-19-33(39)34-20-12-16-24-40(34)52-56/h9-28H,1-8H3. The van der Waals surface area contributed by atoms with Crippen LogP contribution < -0.4 is 18.5 Å². The molecule has 0 N–H and O–H groups in total. The summed E-state index contributed by atoms with van der Waals surface area (Å²) < 4.78 is 52.4. The molecule has 0 aliphatic rings. The van der Waals surface area contributed by atoms with Gasteiger partial charge in [0, 0.05) is 32.7 Å². The van der Waals surface area contributed by atoms with Crippen molar-refractivity contribution in [2.75, 3.05) is 14.2 Å². The average Bonchev–Trinajstić information content (AvgIpc) is 3.44. The molecule has 0 aliphatic carbocycles. The number of hydrogen-bond donors (Lipinski definition) is 0. The van der Waals surface area contributed by atoms with Crippen molar-refractivity contribution in [2.45, 2.75) is 52.4 Å². The van der Waals surface area contributed by atoms with Crippen molar-refractivity contribution in [1.29, 1.82) is 0 Å². The highest BCUT2D eigenvalue weighted by atomic mass is 31.1. The number of hydrogen-bond acceptors (Lipinski definition) is 8. The fourth-order valence-electron chi connectivity index (χ4n) is 6.62. The van der Waals surface area contributed by atoms with Crippen molar-refractivity contribution in [3.05, 3.63) is 132 Å². The Hall–Kier alpha value is -5.68. The summed E-state index contributed by atoms with van der Waals surface area (Å²) in [6.07, 6.45) is 0. The maximum atomic E-state index is 6.92. The van der Waals surface area contributed by atoms with Crippen LogP contribution in [-0.4, -0.2) is 14.2 Å². The van der Waals surface area contributed by atoms with Crippen LogP contribution in [0.1, 0.15) is 52.7 Å². The molecule has 0 amide bonds. The Bertz CT molecular complexity index is 2510. The molecule has 0 atom stereocenters. The second-order valence-corrected chi connectivity index (χ2v) is 17.6. The molecule has 2 aromatic heterocycles. The molecule has 0 spiro atoms. The van der Waals surface area contributed by atoms with E-state index in [1.807, 2.05) is 109 Å². The van der Waals surface area contributed by atoms with E-state index >= 15 is 0 Å². The van der Waals surface area contributed by atoms with E-state index in [0.717, 1.165) is 32.7 Å². The highest BCUT2D eigenvalue weighted by Gasteiger charge is 2.29. The van der Waals surface area contributed by atoms with Crippen LogP contribution in [0.3, 0.4) is 0 Å². The molecule has 0 bridgehead atoms. The maximum Gasteiger partial charge on any atom is 0.453 e. The SMILES string of the molecule is COc1cc(C(C)(C)C)cc(-c2cc(C(C)(C)C)cc(OC)c2Op2oc3ccccc3c3ccccc3o2)c1Op1oc2ccccc2c2ccccc2o1. The van der Waals surface area contributed by atoms with Crippen molar-refractivity contribution in [2.24, 2.45) is 0 Å².